The van der Waals surface area contributed by atoms with Gasteiger partial charge < -0.3 is 14.4 Å². The summed E-state index contributed by atoms with van der Waals surface area (Å²) in [4.78, 5) is 13.6. The summed E-state index contributed by atoms with van der Waals surface area (Å²) in [7, 11) is 0. The van der Waals surface area contributed by atoms with E-state index in [0.717, 1.165) is 0 Å². The second-order valence-corrected chi connectivity index (χ2v) is 5.13. The van der Waals surface area contributed by atoms with Crippen molar-refractivity contribution in [3.8, 4) is 0 Å². The molecule has 2 aromatic rings. The number of aliphatic hydroxyl groups is 1. The highest BCUT2D eigenvalue weighted by atomic mass is 16.4. The minimum atomic E-state index is -0.764. The molecule has 0 atom stereocenters. The summed E-state index contributed by atoms with van der Waals surface area (Å²) in [6.07, 6.45) is 3.52. The fourth-order valence-electron chi connectivity index (χ4n) is 2.21. The summed E-state index contributed by atoms with van der Waals surface area (Å²) in [5, 5.41) is 13.7. The Balaban J connectivity index is 1.66. The van der Waals surface area contributed by atoms with Crippen LogP contribution in [-0.4, -0.2) is 44.4 Å². The second-order valence-electron chi connectivity index (χ2n) is 5.13. The Hall–Kier alpha value is -2.08. The van der Waals surface area contributed by atoms with Crippen molar-refractivity contribution in [1.29, 1.82) is 0 Å². The molecule has 100 valence electrons. The van der Waals surface area contributed by atoms with E-state index < -0.39 is 5.60 Å². The van der Waals surface area contributed by atoms with Crippen molar-refractivity contribution in [2.45, 2.75) is 19.1 Å². The van der Waals surface area contributed by atoms with Crippen LogP contribution in [0.1, 0.15) is 23.2 Å². The van der Waals surface area contributed by atoms with Gasteiger partial charge in [-0.15, -0.1) is 0 Å². The molecule has 0 unspecified atom stereocenters. The first-order valence-electron chi connectivity index (χ1n) is 6.11. The molecule has 0 aromatic carbocycles. The van der Waals surface area contributed by atoms with Crippen LogP contribution in [0.15, 0.2) is 35.0 Å². The maximum Gasteiger partial charge on any atom is 0.289 e. The minimum absolute atomic E-state index is 0.182. The number of carbonyl (C=O) groups excluding carboxylic acids is 1. The van der Waals surface area contributed by atoms with Gasteiger partial charge in [-0.05, 0) is 25.1 Å². The Bertz CT molecular complexity index is 578. The van der Waals surface area contributed by atoms with Gasteiger partial charge in [0.1, 0.15) is 5.76 Å². The van der Waals surface area contributed by atoms with Gasteiger partial charge in [-0.1, -0.05) is 0 Å². The lowest BCUT2D eigenvalue weighted by Crippen LogP contribution is -2.61. The number of nitrogens with zero attached hydrogens (tertiary/aromatic N) is 3. The van der Waals surface area contributed by atoms with Gasteiger partial charge in [-0.2, -0.15) is 5.10 Å². The average molecular weight is 261 g/mol. The molecule has 3 rings (SSSR count). The SMILES string of the molecule is CC1(O)CN(C(=O)c2ccc(Cn3cccn3)o2)C1. The first-order chi connectivity index (χ1) is 9.03. The van der Waals surface area contributed by atoms with Crippen LogP contribution in [-0.2, 0) is 6.54 Å². The molecule has 0 radical (unpaired) electrons. The molecule has 0 bridgehead atoms. The highest BCUT2D eigenvalue weighted by Crippen LogP contribution is 2.23. The number of rotatable bonds is 3. The fraction of sp³-hybridized carbons (Fsp3) is 0.385. The Kier molecular flexibility index (Phi) is 2.67. The van der Waals surface area contributed by atoms with Crippen LogP contribution in [0.3, 0.4) is 0 Å². The molecule has 1 N–H and O–H groups in total. The van der Waals surface area contributed by atoms with E-state index in [0.29, 0.717) is 31.2 Å². The molecule has 1 fully saturated rings. The van der Waals surface area contributed by atoms with E-state index in [1.54, 1.807) is 34.8 Å². The van der Waals surface area contributed by atoms with E-state index in [-0.39, 0.29) is 5.91 Å². The quantitative estimate of drug-likeness (QED) is 0.884. The number of likely N-dealkylation sites (tertiary alicyclic amines) is 1. The van der Waals surface area contributed by atoms with Crippen molar-refractivity contribution in [3.63, 3.8) is 0 Å². The molecule has 1 aliphatic rings. The van der Waals surface area contributed by atoms with E-state index in [9.17, 15) is 9.90 Å². The third-order valence-electron chi connectivity index (χ3n) is 3.10. The molecule has 1 saturated heterocycles. The van der Waals surface area contributed by atoms with Gasteiger partial charge >= 0.3 is 0 Å². The summed E-state index contributed by atoms with van der Waals surface area (Å²) in [5.74, 6) is 0.801. The third kappa shape index (κ3) is 2.39. The summed E-state index contributed by atoms with van der Waals surface area (Å²) in [5.41, 5.74) is -0.764. The molecule has 3 heterocycles. The Morgan fingerprint density at radius 1 is 1.53 bits per heavy atom. The summed E-state index contributed by atoms with van der Waals surface area (Å²) >= 11 is 0. The average Bonchev–Trinajstić information content (AvgIpc) is 2.97. The van der Waals surface area contributed by atoms with Gasteiger partial charge in [0.15, 0.2) is 5.76 Å². The predicted octanol–water partition coefficient (Wildman–Crippen LogP) is 0.731. The highest BCUT2D eigenvalue weighted by molar-refractivity contribution is 5.92. The topological polar surface area (TPSA) is 71.5 Å². The van der Waals surface area contributed by atoms with Gasteiger partial charge in [0.25, 0.3) is 5.91 Å². The fourth-order valence-corrected chi connectivity index (χ4v) is 2.21. The molecule has 2 aromatic heterocycles. The van der Waals surface area contributed by atoms with Crippen LogP contribution in [0.25, 0.3) is 0 Å². The van der Waals surface area contributed by atoms with Crippen molar-refractivity contribution in [1.82, 2.24) is 14.7 Å². The normalized spacial score (nSPS) is 17.3. The maximum atomic E-state index is 12.0. The van der Waals surface area contributed by atoms with E-state index in [1.807, 2.05) is 12.3 Å². The number of amides is 1. The minimum Gasteiger partial charge on any atom is -0.454 e. The van der Waals surface area contributed by atoms with Crippen LogP contribution in [0.2, 0.25) is 0 Å². The molecule has 6 nitrogen and oxygen atoms in total. The smallest absolute Gasteiger partial charge is 0.289 e. The van der Waals surface area contributed by atoms with Crippen molar-refractivity contribution in [2.75, 3.05) is 13.1 Å². The molecule has 1 aliphatic heterocycles. The van der Waals surface area contributed by atoms with Crippen molar-refractivity contribution >= 4 is 5.91 Å². The predicted molar refractivity (Wildman–Crippen MR) is 66.6 cm³/mol. The van der Waals surface area contributed by atoms with Crippen molar-refractivity contribution < 1.29 is 14.3 Å². The van der Waals surface area contributed by atoms with E-state index in [1.165, 1.54) is 0 Å². The number of aromatic nitrogens is 2. The lowest BCUT2D eigenvalue weighted by molar-refractivity contribution is -0.0678. The third-order valence-corrected chi connectivity index (χ3v) is 3.10. The van der Waals surface area contributed by atoms with Crippen LogP contribution in [0.4, 0.5) is 0 Å². The van der Waals surface area contributed by atoms with Crippen molar-refractivity contribution in [3.05, 3.63) is 42.1 Å². The monoisotopic (exact) mass is 261 g/mol. The first-order valence-corrected chi connectivity index (χ1v) is 6.11. The van der Waals surface area contributed by atoms with Gasteiger partial charge in [0, 0.05) is 12.4 Å². The maximum absolute atomic E-state index is 12.0. The summed E-state index contributed by atoms with van der Waals surface area (Å²) in [6, 6.07) is 5.26. The lowest BCUT2D eigenvalue weighted by Gasteiger charge is -2.43. The van der Waals surface area contributed by atoms with Crippen LogP contribution in [0.5, 0.6) is 0 Å². The molecule has 0 saturated carbocycles. The lowest BCUT2D eigenvalue weighted by atomic mass is 9.97. The molecule has 19 heavy (non-hydrogen) atoms. The van der Waals surface area contributed by atoms with E-state index >= 15 is 0 Å². The number of hydrogen-bond donors (Lipinski definition) is 1. The Morgan fingerprint density at radius 3 is 2.95 bits per heavy atom. The largest absolute Gasteiger partial charge is 0.454 e. The summed E-state index contributed by atoms with van der Waals surface area (Å²) < 4.78 is 7.23. The summed E-state index contributed by atoms with van der Waals surface area (Å²) in [6.45, 7) is 2.90. The molecular weight excluding hydrogens is 246 g/mol. The Morgan fingerprint density at radius 2 is 2.32 bits per heavy atom. The van der Waals surface area contributed by atoms with Gasteiger partial charge in [0.05, 0.1) is 25.2 Å². The molecule has 6 heteroatoms. The van der Waals surface area contributed by atoms with Crippen molar-refractivity contribution in [2.24, 2.45) is 0 Å². The van der Waals surface area contributed by atoms with Gasteiger partial charge in [0.2, 0.25) is 0 Å². The van der Waals surface area contributed by atoms with Crippen LogP contribution in [0, 0.1) is 0 Å². The Labute approximate surface area is 110 Å². The standard InChI is InChI=1S/C13H15N3O3/c1-13(18)8-15(9-13)12(17)11-4-3-10(19-11)7-16-6-2-5-14-16/h2-6,18H,7-9H2,1H3. The number of β-amino-alcohol motifs (C(OH)–C–C–N with tert-alkyl or cyclic N) is 1. The van der Waals surface area contributed by atoms with Gasteiger partial charge in [-0.3, -0.25) is 9.48 Å². The van der Waals surface area contributed by atoms with Crippen LogP contribution >= 0.6 is 0 Å². The van der Waals surface area contributed by atoms with Gasteiger partial charge in [-0.25, -0.2) is 0 Å². The molecule has 1 amide bonds. The number of carbonyl (C=O) groups is 1. The first kappa shape index (κ1) is 12.0. The number of furan rings is 1. The zero-order valence-electron chi connectivity index (χ0n) is 10.6. The molecule has 0 spiro atoms. The second kappa shape index (κ2) is 4.24. The molecule has 0 aliphatic carbocycles. The highest BCUT2D eigenvalue weighted by Gasteiger charge is 2.40. The zero-order chi connectivity index (χ0) is 13.5. The molecular formula is C13H15N3O3. The van der Waals surface area contributed by atoms with E-state index in [2.05, 4.69) is 5.10 Å². The number of hydrogen-bond acceptors (Lipinski definition) is 4. The van der Waals surface area contributed by atoms with E-state index in [4.69, 9.17) is 4.42 Å². The zero-order valence-corrected chi connectivity index (χ0v) is 10.6. The van der Waals surface area contributed by atoms with Crippen LogP contribution < -0.4 is 0 Å².